The molecule has 7 heteroatoms. The van der Waals surface area contributed by atoms with Crippen molar-refractivity contribution in [3.8, 4) is 0 Å². The summed E-state index contributed by atoms with van der Waals surface area (Å²) in [7, 11) is -0.141. The number of nitrogens with zero attached hydrogens (tertiary/aromatic N) is 3. The SMILES string of the molecule is Cc1cc(Nc2ccc([PH](C)=O)cn2)c(=O)n(C)n1. The molecule has 6 nitrogen and oxygen atoms in total. The van der Waals surface area contributed by atoms with E-state index in [1.807, 2.05) is 6.92 Å². The highest BCUT2D eigenvalue weighted by Gasteiger charge is 2.05. The van der Waals surface area contributed by atoms with Crippen molar-refractivity contribution < 1.29 is 4.57 Å². The average molecular weight is 278 g/mol. The van der Waals surface area contributed by atoms with Crippen LogP contribution in [0.25, 0.3) is 0 Å². The topological polar surface area (TPSA) is 76.9 Å². The average Bonchev–Trinajstić information content (AvgIpc) is 2.36. The predicted octanol–water partition coefficient (Wildman–Crippen LogP) is 1.04. The first-order valence-corrected chi connectivity index (χ1v) is 7.67. The molecule has 19 heavy (non-hydrogen) atoms. The predicted molar refractivity (Wildman–Crippen MR) is 76.3 cm³/mol. The minimum atomic E-state index is -1.74. The lowest BCUT2D eigenvalue weighted by atomic mass is 10.3. The van der Waals surface area contributed by atoms with Crippen molar-refractivity contribution in [1.29, 1.82) is 0 Å². The summed E-state index contributed by atoms with van der Waals surface area (Å²) in [4.78, 5) is 16.0. The number of aryl methyl sites for hydroxylation is 2. The Kier molecular flexibility index (Phi) is 3.81. The maximum absolute atomic E-state index is 11.9. The molecule has 0 bridgehead atoms. The first-order chi connectivity index (χ1) is 8.97. The van der Waals surface area contributed by atoms with E-state index in [1.54, 1.807) is 38.1 Å². The van der Waals surface area contributed by atoms with Gasteiger partial charge in [0.05, 0.1) is 5.69 Å². The van der Waals surface area contributed by atoms with Crippen molar-refractivity contribution in [1.82, 2.24) is 14.8 Å². The maximum atomic E-state index is 11.9. The highest BCUT2D eigenvalue weighted by atomic mass is 31.1. The Morgan fingerprint density at radius 1 is 1.37 bits per heavy atom. The second kappa shape index (κ2) is 5.36. The molecule has 100 valence electrons. The third-order valence-electron chi connectivity index (χ3n) is 2.62. The van der Waals surface area contributed by atoms with Crippen LogP contribution in [-0.4, -0.2) is 21.4 Å². The summed E-state index contributed by atoms with van der Waals surface area (Å²) in [5.41, 5.74) is 0.930. The number of nitrogens with one attached hydrogen (secondary N) is 1. The van der Waals surface area contributed by atoms with Gasteiger partial charge in [-0.25, -0.2) is 9.67 Å². The molecule has 0 aliphatic rings. The molecule has 2 aromatic rings. The van der Waals surface area contributed by atoms with Crippen molar-refractivity contribution >= 4 is 24.6 Å². The number of rotatable bonds is 3. The van der Waals surface area contributed by atoms with Gasteiger partial charge in [0.15, 0.2) is 0 Å². The van der Waals surface area contributed by atoms with E-state index in [4.69, 9.17) is 0 Å². The van der Waals surface area contributed by atoms with Crippen molar-refractivity contribution in [3.05, 3.63) is 40.4 Å². The van der Waals surface area contributed by atoms with Gasteiger partial charge in [-0.2, -0.15) is 5.10 Å². The van der Waals surface area contributed by atoms with Crippen LogP contribution in [0.5, 0.6) is 0 Å². The van der Waals surface area contributed by atoms with Crippen molar-refractivity contribution in [2.24, 2.45) is 7.05 Å². The van der Waals surface area contributed by atoms with Gasteiger partial charge in [-0.15, -0.1) is 0 Å². The van der Waals surface area contributed by atoms with Crippen LogP contribution in [0.2, 0.25) is 0 Å². The van der Waals surface area contributed by atoms with E-state index < -0.39 is 7.80 Å². The van der Waals surface area contributed by atoms with Crippen molar-refractivity contribution in [2.75, 3.05) is 12.0 Å². The lowest BCUT2D eigenvalue weighted by molar-refractivity contribution is 0.596. The first-order valence-electron chi connectivity index (χ1n) is 5.76. The van der Waals surface area contributed by atoms with Gasteiger partial charge in [-0.1, -0.05) is 0 Å². The molecule has 0 aliphatic heterocycles. The van der Waals surface area contributed by atoms with Crippen LogP contribution in [0.4, 0.5) is 11.5 Å². The summed E-state index contributed by atoms with van der Waals surface area (Å²) in [6.45, 7) is 3.47. The number of hydrogen-bond donors (Lipinski definition) is 1. The molecule has 2 aromatic heterocycles. The number of aromatic nitrogens is 3. The number of pyridine rings is 1. The molecule has 1 N–H and O–H groups in total. The fourth-order valence-corrected chi connectivity index (χ4v) is 2.22. The normalized spacial score (nSPS) is 12.2. The van der Waals surface area contributed by atoms with E-state index in [1.165, 1.54) is 4.68 Å². The van der Waals surface area contributed by atoms with Crippen LogP contribution in [-0.2, 0) is 11.6 Å². The quantitative estimate of drug-likeness (QED) is 0.849. The molecule has 0 amide bonds. The van der Waals surface area contributed by atoms with Gasteiger partial charge in [-0.3, -0.25) is 4.79 Å². The molecular weight excluding hydrogens is 263 g/mol. The monoisotopic (exact) mass is 278 g/mol. The highest BCUT2D eigenvalue weighted by Crippen LogP contribution is 2.15. The van der Waals surface area contributed by atoms with Gasteiger partial charge in [0.2, 0.25) is 0 Å². The molecule has 0 fully saturated rings. The Labute approximate surface area is 111 Å². The molecule has 0 aliphatic carbocycles. The third kappa shape index (κ3) is 3.09. The van der Waals surface area contributed by atoms with E-state index >= 15 is 0 Å². The Morgan fingerprint density at radius 3 is 2.68 bits per heavy atom. The standard InChI is InChI=1S/C12H15N4O2P/c1-8-6-10(12(17)16(2)15-8)14-11-5-4-9(7-13-11)19(3)18/h4-7,19H,1-3H3,(H,13,14). The minimum Gasteiger partial charge on any atom is -0.336 e. The van der Waals surface area contributed by atoms with Gasteiger partial charge in [0.1, 0.15) is 19.3 Å². The molecule has 0 saturated heterocycles. The van der Waals surface area contributed by atoms with Crippen LogP contribution in [0.15, 0.2) is 29.2 Å². The van der Waals surface area contributed by atoms with Gasteiger partial charge in [-0.05, 0) is 31.8 Å². The smallest absolute Gasteiger partial charge is 0.290 e. The second-order valence-electron chi connectivity index (χ2n) is 4.24. The largest absolute Gasteiger partial charge is 0.336 e. The zero-order chi connectivity index (χ0) is 14.0. The summed E-state index contributed by atoms with van der Waals surface area (Å²) < 4.78 is 12.6. The van der Waals surface area contributed by atoms with Crippen LogP contribution >= 0.6 is 7.80 Å². The third-order valence-corrected chi connectivity index (χ3v) is 3.73. The zero-order valence-electron chi connectivity index (χ0n) is 11.0. The lowest BCUT2D eigenvalue weighted by Gasteiger charge is -2.07. The lowest BCUT2D eigenvalue weighted by Crippen LogP contribution is -2.23. The molecule has 0 aromatic carbocycles. The Morgan fingerprint density at radius 2 is 2.11 bits per heavy atom. The summed E-state index contributed by atoms with van der Waals surface area (Å²) in [5.74, 6) is 0.537. The zero-order valence-corrected chi connectivity index (χ0v) is 12.0. The first kappa shape index (κ1) is 13.5. The van der Waals surface area contributed by atoms with Gasteiger partial charge >= 0.3 is 0 Å². The molecule has 2 heterocycles. The van der Waals surface area contributed by atoms with Crippen LogP contribution in [0.3, 0.4) is 0 Å². The molecular formula is C12H15N4O2P. The summed E-state index contributed by atoms with van der Waals surface area (Å²) in [5, 5.41) is 7.68. The molecule has 0 spiro atoms. The maximum Gasteiger partial charge on any atom is 0.290 e. The van der Waals surface area contributed by atoms with Crippen LogP contribution in [0, 0.1) is 6.92 Å². The van der Waals surface area contributed by atoms with Gasteiger partial charge in [0, 0.05) is 18.5 Å². The minimum absolute atomic E-state index is 0.222. The molecule has 1 atom stereocenters. The summed E-state index contributed by atoms with van der Waals surface area (Å²) in [6, 6.07) is 5.12. The van der Waals surface area contributed by atoms with E-state index in [0.29, 0.717) is 11.5 Å². The molecule has 0 saturated carbocycles. The van der Waals surface area contributed by atoms with E-state index in [0.717, 1.165) is 11.0 Å². The fourth-order valence-electron chi connectivity index (χ4n) is 1.66. The van der Waals surface area contributed by atoms with Crippen LogP contribution < -0.4 is 16.2 Å². The second-order valence-corrected chi connectivity index (χ2v) is 5.93. The molecule has 2 rings (SSSR count). The molecule has 1 unspecified atom stereocenters. The Balaban J connectivity index is 2.31. The Hall–Kier alpha value is -1.94. The number of anilines is 2. The fraction of sp³-hybridized carbons (Fsp3) is 0.250. The summed E-state index contributed by atoms with van der Waals surface area (Å²) in [6.07, 6.45) is 1.56. The van der Waals surface area contributed by atoms with Gasteiger partial charge < -0.3 is 9.88 Å². The van der Waals surface area contributed by atoms with Crippen LogP contribution in [0.1, 0.15) is 5.69 Å². The highest BCUT2D eigenvalue weighted by molar-refractivity contribution is 7.52. The van der Waals surface area contributed by atoms with E-state index in [-0.39, 0.29) is 5.56 Å². The van der Waals surface area contributed by atoms with Gasteiger partial charge in [0.25, 0.3) is 5.56 Å². The van der Waals surface area contributed by atoms with E-state index in [2.05, 4.69) is 15.4 Å². The number of hydrogen-bond acceptors (Lipinski definition) is 5. The Bertz CT molecular complexity index is 679. The van der Waals surface area contributed by atoms with Crippen molar-refractivity contribution in [3.63, 3.8) is 0 Å². The summed E-state index contributed by atoms with van der Waals surface area (Å²) >= 11 is 0. The molecule has 0 radical (unpaired) electrons. The van der Waals surface area contributed by atoms with Crippen molar-refractivity contribution in [2.45, 2.75) is 6.92 Å². The van der Waals surface area contributed by atoms with E-state index in [9.17, 15) is 9.36 Å².